The number of fused-ring (bicyclic) bond motifs is 3. The number of piperidine rings is 1. The molecule has 1 saturated carbocycles. The summed E-state index contributed by atoms with van der Waals surface area (Å²) >= 11 is 0. The molecule has 0 aromatic heterocycles. The van der Waals surface area contributed by atoms with Crippen molar-refractivity contribution in [3.8, 4) is 5.75 Å². The third-order valence-electron chi connectivity index (χ3n) is 8.57. The van der Waals surface area contributed by atoms with Crippen LogP contribution in [0.1, 0.15) is 82.4 Å². The standard InChI is InChI=1S/C28H36FNO3/c1-17-3-10-24(11-4-17)33-27-12-7-19-5-6-20(15-25(19)26(27)16-29)18(2)30-22-8-9-23(30)14-21(13-22)28(31)32/h5-7,12,15,17-18,21-24H,3-4,8-11,13-14,16H2,1-2H3,(H,31,32)/t17-,18-,21?,22?,23?,24+/m0/s1. The number of rotatable bonds is 6. The molecule has 33 heavy (non-hydrogen) atoms. The van der Waals surface area contributed by atoms with Gasteiger partial charge in [0.05, 0.1) is 12.0 Å². The Morgan fingerprint density at radius 1 is 1.09 bits per heavy atom. The van der Waals surface area contributed by atoms with Gasteiger partial charge in [-0.2, -0.15) is 0 Å². The molecule has 2 unspecified atom stereocenters. The topological polar surface area (TPSA) is 49.8 Å². The van der Waals surface area contributed by atoms with E-state index in [9.17, 15) is 14.3 Å². The highest BCUT2D eigenvalue weighted by atomic mass is 19.1. The van der Waals surface area contributed by atoms with E-state index in [1.807, 2.05) is 12.1 Å². The lowest BCUT2D eigenvalue weighted by molar-refractivity contribution is -0.144. The predicted molar refractivity (Wildman–Crippen MR) is 128 cm³/mol. The van der Waals surface area contributed by atoms with Gasteiger partial charge in [0.2, 0.25) is 0 Å². The number of aliphatic carboxylic acids is 1. The first kappa shape index (κ1) is 22.6. The number of carbonyl (C=O) groups is 1. The SMILES string of the molecule is C[C@@H](c1ccc2ccc(O[C@H]3CC[C@@H](C)CC3)c(CF)c2c1)N1C2CCC1CC(C(=O)O)C2. The Morgan fingerprint density at radius 3 is 2.39 bits per heavy atom. The Labute approximate surface area is 196 Å². The summed E-state index contributed by atoms with van der Waals surface area (Å²) in [5.41, 5.74) is 1.83. The second-order valence-corrected chi connectivity index (χ2v) is 10.7. The zero-order valence-corrected chi connectivity index (χ0v) is 19.8. The van der Waals surface area contributed by atoms with Crippen LogP contribution in [0.5, 0.6) is 5.75 Å². The molecule has 5 rings (SSSR count). The maximum absolute atomic E-state index is 14.3. The second-order valence-electron chi connectivity index (χ2n) is 10.7. The maximum atomic E-state index is 14.3. The Bertz CT molecular complexity index is 1000. The molecule has 178 valence electrons. The molecule has 2 heterocycles. The molecule has 2 aliphatic heterocycles. The number of benzene rings is 2. The monoisotopic (exact) mass is 453 g/mol. The third-order valence-corrected chi connectivity index (χ3v) is 8.57. The highest BCUT2D eigenvalue weighted by Gasteiger charge is 2.45. The van der Waals surface area contributed by atoms with Crippen LogP contribution in [-0.2, 0) is 11.5 Å². The molecule has 5 heteroatoms. The Kier molecular flexibility index (Phi) is 6.34. The molecule has 4 nitrogen and oxygen atoms in total. The molecule has 2 saturated heterocycles. The maximum Gasteiger partial charge on any atom is 0.306 e. The van der Waals surface area contributed by atoms with Gasteiger partial charge in [0.25, 0.3) is 0 Å². The molecule has 1 aliphatic carbocycles. The summed E-state index contributed by atoms with van der Waals surface area (Å²) in [5.74, 6) is 0.569. The molecule has 0 radical (unpaired) electrons. The molecular formula is C28H36FNO3. The molecule has 0 amide bonds. The normalized spacial score (nSPS) is 30.9. The van der Waals surface area contributed by atoms with Crippen LogP contribution in [-0.4, -0.2) is 34.2 Å². The average molecular weight is 454 g/mol. The van der Waals surface area contributed by atoms with E-state index in [-0.39, 0.29) is 18.1 Å². The van der Waals surface area contributed by atoms with Crippen LogP contribution in [0, 0.1) is 11.8 Å². The fourth-order valence-electron chi connectivity index (χ4n) is 6.63. The van der Waals surface area contributed by atoms with Crippen LogP contribution in [0.3, 0.4) is 0 Å². The van der Waals surface area contributed by atoms with Gasteiger partial charge in [-0.1, -0.05) is 25.1 Å². The van der Waals surface area contributed by atoms with Crippen LogP contribution in [0.15, 0.2) is 30.3 Å². The minimum absolute atomic E-state index is 0.178. The van der Waals surface area contributed by atoms with Gasteiger partial charge >= 0.3 is 5.97 Å². The zero-order chi connectivity index (χ0) is 23.1. The number of hydrogen-bond acceptors (Lipinski definition) is 3. The van der Waals surface area contributed by atoms with E-state index in [1.165, 1.54) is 18.4 Å². The number of ether oxygens (including phenoxy) is 1. The van der Waals surface area contributed by atoms with Crippen LogP contribution in [0.4, 0.5) is 4.39 Å². The lowest BCUT2D eigenvalue weighted by Gasteiger charge is -2.41. The van der Waals surface area contributed by atoms with Crippen molar-refractivity contribution >= 4 is 16.7 Å². The second kappa shape index (κ2) is 9.25. The van der Waals surface area contributed by atoms with Crippen molar-refractivity contribution in [2.45, 2.75) is 96.1 Å². The number of halogens is 1. The summed E-state index contributed by atoms with van der Waals surface area (Å²) < 4.78 is 20.6. The molecule has 0 spiro atoms. The lowest BCUT2D eigenvalue weighted by Crippen LogP contribution is -2.45. The minimum Gasteiger partial charge on any atom is -0.490 e. The molecule has 3 aliphatic rings. The van der Waals surface area contributed by atoms with Gasteiger partial charge in [0, 0.05) is 23.7 Å². The van der Waals surface area contributed by atoms with Crippen molar-refractivity contribution in [1.29, 1.82) is 0 Å². The highest BCUT2D eigenvalue weighted by molar-refractivity contribution is 5.88. The van der Waals surface area contributed by atoms with E-state index in [4.69, 9.17) is 4.74 Å². The summed E-state index contributed by atoms with van der Waals surface area (Å²) in [6.07, 6.45) is 8.21. The summed E-state index contributed by atoms with van der Waals surface area (Å²) in [5, 5.41) is 11.5. The molecule has 3 atom stereocenters. The fourth-order valence-corrected chi connectivity index (χ4v) is 6.63. The molecule has 2 aromatic rings. The summed E-state index contributed by atoms with van der Waals surface area (Å²) in [4.78, 5) is 14.1. The highest BCUT2D eigenvalue weighted by Crippen LogP contribution is 2.44. The van der Waals surface area contributed by atoms with Gasteiger partial charge in [-0.25, -0.2) is 4.39 Å². The summed E-state index contributed by atoms with van der Waals surface area (Å²) in [6.45, 7) is 3.97. The van der Waals surface area contributed by atoms with Gasteiger partial charge in [0.1, 0.15) is 12.4 Å². The summed E-state index contributed by atoms with van der Waals surface area (Å²) in [7, 11) is 0. The number of hydrogen-bond donors (Lipinski definition) is 1. The van der Waals surface area contributed by atoms with Crippen molar-refractivity contribution in [2.24, 2.45) is 11.8 Å². The lowest BCUT2D eigenvalue weighted by atomic mass is 9.88. The van der Waals surface area contributed by atoms with Crippen molar-refractivity contribution in [3.05, 3.63) is 41.5 Å². The van der Waals surface area contributed by atoms with E-state index in [1.54, 1.807) is 0 Å². The average Bonchev–Trinajstić information content (AvgIpc) is 3.08. The van der Waals surface area contributed by atoms with Crippen LogP contribution in [0.25, 0.3) is 10.8 Å². The van der Waals surface area contributed by atoms with Crippen molar-refractivity contribution in [2.75, 3.05) is 0 Å². The van der Waals surface area contributed by atoms with Gasteiger partial charge in [-0.15, -0.1) is 0 Å². The number of carboxylic acid groups (broad SMARTS) is 1. The predicted octanol–water partition coefficient (Wildman–Crippen LogP) is 6.66. The number of carboxylic acids is 1. The minimum atomic E-state index is -0.655. The Hall–Kier alpha value is -2.14. The van der Waals surface area contributed by atoms with E-state index < -0.39 is 12.6 Å². The largest absolute Gasteiger partial charge is 0.490 e. The zero-order valence-electron chi connectivity index (χ0n) is 19.8. The molecule has 1 N–H and O–H groups in total. The first-order chi connectivity index (χ1) is 15.9. The van der Waals surface area contributed by atoms with Crippen LogP contribution in [0.2, 0.25) is 0 Å². The van der Waals surface area contributed by atoms with Crippen molar-refractivity contribution in [1.82, 2.24) is 4.90 Å². The Morgan fingerprint density at radius 2 is 1.76 bits per heavy atom. The van der Waals surface area contributed by atoms with E-state index in [0.717, 1.165) is 55.2 Å². The number of alkyl halides is 1. The smallest absolute Gasteiger partial charge is 0.306 e. The first-order valence-electron chi connectivity index (χ1n) is 12.7. The van der Waals surface area contributed by atoms with Crippen LogP contribution < -0.4 is 4.74 Å². The van der Waals surface area contributed by atoms with Gasteiger partial charge in [-0.05, 0) is 92.7 Å². The van der Waals surface area contributed by atoms with Crippen LogP contribution >= 0.6 is 0 Å². The van der Waals surface area contributed by atoms with E-state index in [2.05, 4.69) is 36.9 Å². The first-order valence-corrected chi connectivity index (χ1v) is 12.7. The quantitative estimate of drug-likeness (QED) is 0.532. The van der Waals surface area contributed by atoms with Gasteiger partial charge in [0.15, 0.2) is 0 Å². The molecule has 3 fully saturated rings. The van der Waals surface area contributed by atoms with Gasteiger partial charge < -0.3 is 9.84 Å². The van der Waals surface area contributed by atoms with Crippen molar-refractivity contribution in [3.63, 3.8) is 0 Å². The van der Waals surface area contributed by atoms with E-state index >= 15 is 0 Å². The molecule has 2 bridgehead atoms. The van der Waals surface area contributed by atoms with Gasteiger partial charge in [-0.3, -0.25) is 9.69 Å². The molecule has 2 aromatic carbocycles. The van der Waals surface area contributed by atoms with E-state index in [0.29, 0.717) is 23.4 Å². The Balaban J connectivity index is 1.41. The third kappa shape index (κ3) is 4.37. The summed E-state index contributed by atoms with van der Waals surface area (Å²) in [6, 6.07) is 11.2. The molecular weight excluding hydrogens is 417 g/mol. The number of nitrogens with zero attached hydrogens (tertiary/aromatic N) is 1. The van der Waals surface area contributed by atoms with Crippen molar-refractivity contribution < 1.29 is 19.0 Å². The fraction of sp³-hybridized carbons (Fsp3) is 0.607.